The Morgan fingerprint density at radius 2 is 1.80 bits per heavy atom. The van der Waals surface area contributed by atoms with Crippen molar-refractivity contribution in [2.24, 2.45) is 5.92 Å². The standard InChI is InChI=1S/C19H19N3O.C13H25NO3/c1-22-12-11-17(15-5-3-2-4-6-15)18(22)19(23)21-16-9-7-14(13-20)8-10-16;1-5-11(10-15)8-6-7-9-14-12(16)17-13(2,3)4/h2-10,17-18H,11-12H2,1H3,(H,21,23);10-11H,5-9H2,1-4H3,(H,14,16)/t17-,18-;/m0./s1. The van der Waals surface area contributed by atoms with E-state index in [4.69, 9.17) is 10.00 Å². The van der Waals surface area contributed by atoms with Gasteiger partial charge in [0.1, 0.15) is 11.9 Å². The molecule has 2 aromatic carbocycles. The van der Waals surface area contributed by atoms with Gasteiger partial charge in [0.15, 0.2) is 0 Å². The lowest BCUT2D eigenvalue weighted by Crippen LogP contribution is -2.40. The van der Waals surface area contributed by atoms with Crippen molar-refractivity contribution in [2.45, 2.75) is 77.4 Å². The van der Waals surface area contributed by atoms with Crippen molar-refractivity contribution in [3.8, 4) is 6.07 Å². The second-order valence-electron chi connectivity index (χ2n) is 11.1. The lowest BCUT2D eigenvalue weighted by atomic mass is 9.91. The number of nitrogens with one attached hydrogen (secondary N) is 2. The van der Waals surface area contributed by atoms with Gasteiger partial charge in [-0.25, -0.2) is 4.79 Å². The summed E-state index contributed by atoms with van der Waals surface area (Å²) in [5.41, 5.74) is 2.07. The van der Waals surface area contributed by atoms with Crippen LogP contribution in [0.1, 0.15) is 76.8 Å². The normalized spacial score (nSPS) is 17.5. The fraction of sp³-hybridized carbons (Fsp3) is 0.500. The summed E-state index contributed by atoms with van der Waals surface area (Å²) in [6.45, 7) is 9.03. The van der Waals surface area contributed by atoms with Crippen molar-refractivity contribution in [3.63, 3.8) is 0 Å². The molecule has 8 heteroatoms. The lowest BCUT2D eigenvalue weighted by Gasteiger charge is -2.24. The predicted octanol–water partition coefficient (Wildman–Crippen LogP) is 5.89. The number of rotatable bonds is 10. The maximum atomic E-state index is 12.7. The Kier molecular flexibility index (Phi) is 13.3. The molecule has 0 radical (unpaired) electrons. The summed E-state index contributed by atoms with van der Waals surface area (Å²) in [5.74, 6) is 0.375. The second kappa shape index (κ2) is 16.4. The molecule has 3 atom stereocenters. The van der Waals surface area contributed by atoms with E-state index in [1.54, 1.807) is 24.3 Å². The Labute approximate surface area is 239 Å². The molecule has 1 aliphatic heterocycles. The van der Waals surface area contributed by atoms with E-state index in [2.05, 4.69) is 33.7 Å². The maximum Gasteiger partial charge on any atom is 0.407 e. The smallest absolute Gasteiger partial charge is 0.407 e. The molecule has 1 saturated heterocycles. The van der Waals surface area contributed by atoms with Crippen LogP contribution in [0, 0.1) is 17.2 Å². The average Bonchev–Trinajstić information content (AvgIpc) is 3.32. The highest BCUT2D eigenvalue weighted by Crippen LogP contribution is 2.33. The number of hydrogen-bond donors (Lipinski definition) is 2. The zero-order chi connectivity index (χ0) is 29.5. The molecule has 1 aliphatic rings. The van der Waals surface area contributed by atoms with E-state index < -0.39 is 5.60 Å². The highest BCUT2D eigenvalue weighted by molar-refractivity contribution is 5.95. The Morgan fingerprint density at radius 1 is 1.12 bits per heavy atom. The van der Waals surface area contributed by atoms with E-state index in [-0.39, 0.29) is 29.9 Å². The number of ether oxygens (including phenoxy) is 1. The van der Waals surface area contributed by atoms with Crippen LogP contribution in [0.5, 0.6) is 0 Å². The number of carbonyl (C=O) groups is 3. The van der Waals surface area contributed by atoms with E-state index in [9.17, 15) is 14.4 Å². The highest BCUT2D eigenvalue weighted by atomic mass is 16.6. The van der Waals surface area contributed by atoms with Gasteiger partial charge in [-0.15, -0.1) is 0 Å². The molecule has 0 aromatic heterocycles. The van der Waals surface area contributed by atoms with Gasteiger partial charge in [0.25, 0.3) is 0 Å². The molecular formula is C32H44N4O4. The molecular weight excluding hydrogens is 504 g/mol. The van der Waals surface area contributed by atoms with Crippen LogP contribution in [0.15, 0.2) is 54.6 Å². The van der Waals surface area contributed by atoms with Gasteiger partial charge in [-0.05, 0) is 89.9 Å². The first-order chi connectivity index (χ1) is 19.1. The maximum absolute atomic E-state index is 12.7. The number of aldehydes is 1. The van der Waals surface area contributed by atoms with Gasteiger partial charge in [-0.1, -0.05) is 43.7 Å². The van der Waals surface area contributed by atoms with Crippen molar-refractivity contribution < 1.29 is 19.1 Å². The first-order valence-electron chi connectivity index (χ1n) is 14.1. The number of unbranched alkanes of at least 4 members (excludes halogenated alkanes) is 1. The van der Waals surface area contributed by atoms with Crippen LogP contribution in [-0.2, 0) is 14.3 Å². The monoisotopic (exact) mass is 548 g/mol. The molecule has 0 aliphatic carbocycles. The second-order valence-corrected chi connectivity index (χ2v) is 11.1. The fourth-order valence-electron chi connectivity index (χ4n) is 4.63. The van der Waals surface area contributed by atoms with E-state index in [0.29, 0.717) is 12.1 Å². The number of hydrogen-bond acceptors (Lipinski definition) is 6. The molecule has 1 unspecified atom stereocenters. The van der Waals surface area contributed by atoms with Crippen LogP contribution in [0.3, 0.4) is 0 Å². The highest BCUT2D eigenvalue weighted by Gasteiger charge is 2.38. The molecule has 3 rings (SSSR count). The Morgan fingerprint density at radius 3 is 2.38 bits per heavy atom. The number of amides is 2. The van der Waals surface area contributed by atoms with E-state index in [1.165, 1.54) is 5.56 Å². The molecule has 1 fully saturated rings. The zero-order valence-corrected chi connectivity index (χ0v) is 24.5. The van der Waals surface area contributed by atoms with Crippen molar-refractivity contribution >= 4 is 24.0 Å². The van der Waals surface area contributed by atoms with Gasteiger partial charge in [0, 0.05) is 24.1 Å². The van der Waals surface area contributed by atoms with Crippen LogP contribution in [0.2, 0.25) is 0 Å². The number of likely N-dealkylation sites (N-methyl/N-ethyl adjacent to an activating group) is 1. The largest absolute Gasteiger partial charge is 0.444 e. The minimum Gasteiger partial charge on any atom is -0.444 e. The number of alkyl carbamates (subject to hydrolysis) is 1. The molecule has 0 bridgehead atoms. The molecule has 1 heterocycles. The number of carbonyl (C=O) groups excluding carboxylic acids is 3. The molecule has 216 valence electrons. The first-order valence-corrected chi connectivity index (χ1v) is 14.1. The predicted molar refractivity (Wildman–Crippen MR) is 158 cm³/mol. The number of likely N-dealkylation sites (tertiary alicyclic amines) is 1. The summed E-state index contributed by atoms with van der Waals surface area (Å²) in [6, 6.07) is 19.1. The third-order valence-corrected chi connectivity index (χ3v) is 6.81. The SMILES string of the molecule is CCC(C=O)CCCCNC(=O)OC(C)(C)C.CN1CC[C@@H](c2ccccc2)[C@H]1C(=O)Nc1ccc(C#N)cc1. The van der Waals surface area contributed by atoms with E-state index in [1.807, 2.05) is 52.9 Å². The Bertz CT molecular complexity index is 1110. The summed E-state index contributed by atoms with van der Waals surface area (Å²) < 4.78 is 5.10. The summed E-state index contributed by atoms with van der Waals surface area (Å²) in [7, 11) is 1.99. The van der Waals surface area contributed by atoms with E-state index >= 15 is 0 Å². The van der Waals surface area contributed by atoms with Gasteiger partial charge in [-0.2, -0.15) is 5.26 Å². The molecule has 0 spiro atoms. The van der Waals surface area contributed by atoms with Crippen molar-refractivity contribution in [1.29, 1.82) is 5.26 Å². The van der Waals surface area contributed by atoms with Crippen molar-refractivity contribution in [1.82, 2.24) is 10.2 Å². The quantitative estimate of drug-likeness (QED) is 0.283. The third kappa shape index (κ3) is 11.2. The number of anilines is 1. The molecule has 40 heavy (non-hydrogen) atoms. The van der Waals surface area contributed by atoms with Crippen LogP contribution in [0.25, 0.3) is 0 Å². The number of benzene rings is 2. The average molecular weight is 549 g/mol. The van der Waals surface area contributed by atoms with Gasteiger partial charge >= 0.3 is 6.09 Å². The molecule has 8 nitrogen and oxygen atoms in total. The minimum absolute atomic E-state index is 0.00330. The van der Waals surface area contributed by atoms with Crippen molar-refractivity contribution in [2.75, 3.05) is 25.5 Å². The van der Waals surface area contributed by atoms with Crippen LogP contribution < -0.4 is 10.6 Å². The lowest BCUT2D eigenvalue weighted by molar-refractivity contribution is -0.120. The van der Waals surface area contributed by atoms with Crippen molar-refractivity contribution in [3.05, 3.63) is 65.7 Å². The Hall–Kier alpha value is -3.70. The number of nitrogens with zero attached hydrogens (tertiary/aromatic N) is 2. The van der Waals surface area contributed by atoms with Crippen LogP contribution >= 0.6 is 0 Å². The van der Waals surface area contributed by atoms with Crippen LogP contribution in [0.4, 0.5) is 10.5 Å². The molecule has 2 aromatic rings. The topological polar surface area (TPSA) is 112 Å². The summed E-state index contributed by atoms with van der Waals surface area (Å²) in [6.07, 6.45) is 5.24. The van der Waals surface area contributed by atoms with Gasteiger partial charge < -0.3 is 20.2 Å². The Balaban J connectivity index is 0.000000296. The van der Waals surface area contributed by atoms with Gasteiger partial charge in [-0.3, -0.25) is 9.69 Å². The fourth-order valence-corrected chi connectivity index (χ4v) is 4.63. The molecule has 2 N–H and O–H groups in total. The number of nitriles is 1. The van der Waals surface area contributed by atoms with E-state index in [0.717, 1.165) is 50.6 Å². The summed E-state index contributed by atoms with van der Waals surface area (Å²) >= 11 is 0. The summed E-state index contributed by atoms with van der Waals surface area (Å²) in [4.78, 5) is 36.7. The van der Waals surface area contributed by atoms with Crippen LogP contribution in [-0.4, -0.2) is 55.0 Å². The zero-order valence-electron chi connectivity index (χ0n) is 24.5. The molecule has 2 amide bonds. The minimum atomic E-state index is -0.449. The third-order valence-electron chi connectivity index (χ3n) is 6.81. The molecule has 0 saturated carbocycles. The summed E-state index contributed by atoms with van der Waals surface area (Å²) in [5, 5.41) is 14.5. The van der Waals surface area contributed by atoms with Gasteiger partial charge in [0.2, 0.25) is 5.91 Å². The first kappa shape index (κ1) is 32.5. The van der Waals surface area contributed by atoms with Gasteiger partial charge in [0.05, 0.1) is 17.7 Å².